The van der Waals surface area contributed by atoms with E-state index in [4.69, 9.17) is 0 Å². The molecule has 15 heavy (non-hydrogen) atoms. The number of fused-ring (bicyclic) bond motifs is 1. The molecule has 0 spiro atoms. The summed E-state index contributed by atoms with van der Waals surface area (Å²) in [4.78, 5) is 15.2. The average molecular weight is 204 g/mol. The zero-order chi connectivity index (χ0) is 11.2. The Morgan fingerprint density at radius 3 is 2.73 bits per heavy atom. The molecule has 5 nitrogen and oxygen atoms in total. The van der Waals surface area contributed by atoms with E-state index >= 15 is 0 Å². The Labute approximate surface area is 86.4 Å². The van der Waals surface area contributed by atoms with E-state index in [0.29, 0.717) is 22.4 Å². The van der Waals surface area contributed by atoms with E-state index in [0.717, 1.165) is 0 Å². The fourth-order valence-electron chi connectivity index (χ4n) is 1.73. The highest BCUT2D eigenvalue weighted by atomic mass is 16.4. The van der Waals surface area contributed by atoms with Crippen molar-refractivity contribution in [1.82, 2.24) is 14.8 Å². The van der Waals surface area contributed by atoms with Crippen molar-refractivity contribution < 1.29 is 9.90 Å². The quantitative estimate of drug-likeness (QED) is 0.652. The highest BCUT2D eigenvalue weighted by Gasteiger charge is 2.12. The lowest BCUT2D eigenvalue weighted by molar-refractivity contribution is -0.254. The largest absolute Gasteiger partial charge is 0.545 e. The predicted octanol–water partition coefficient (Wildman–Crippen LogP) is -0.0514. The van der Waals surface area contributed by atoms with E-state index < -0.39 is 5.97 Å². The zero-order valence-corrected chi connectivity index (χ0v) is 8.74. The molecule has 0 aromatic carbocycles. The third-order valence-electron chi connectivity index (χ3n) is 2.32. The van der Waals surface area contributed by atoms with Crippen LogP contribution in [0.3, 0.4) is 0 Å². The molecule has 0 atom stereocenters. The number of hydrogen-bond donors (Lipinski definition) is 0. The van der Waals surface area contributed by atoms with Crippen molar-refractivity contribution in [3.63, 3.8) is 0 Å². The number of carbonyl (C=O) groups excluding carboxylic acids is 1. The van der Waals surface area contributed by atoms with Gasteiger partial charge in [0, 0.05) is 18.3 Å². The first kappa shape index (κ1) is 9.64. The fourth-order valence-corrected chi connectivity index (χ4v) is 1.73. The van der Waals surface area contributed by atoms with E-state index in [1.54, 1.807) is 25.6 Å². The maximum atomic E-state index is 11.0. The average Bonchev–Trinajstić information content (AvgIpc) is 2.41. The molecule has 0 bridgehead atoms. The number of hydrogen-bond acceptors (Lipinski definition) is 4. The third kappa shape index (κ3) is 1.36. The Bertz CT molecular complexity index is 557. The van der Waals surface area contributed by atoms with Crippen molar-refractivity contribution in [2.75, 3.05) is 0 Å². The molecule has 2 aromatic rings. The molecule has 0 N–H and O–H groups in total. The van der Waals surface area contributed by atoms with Crippen LogP contribution < -0.4 is 5.11 Å². The first-order valence-corrected chi connectivity index (χ1v) is 4.53. The molecule has 0 fully saturated rings. The number of aryl methyl sites for hydroxylation is 3. The predicted molar refractivity (Wildman–Crippen MR) is 52.3 cm³/mol. The van der Waals surface area contributed by atoms with Gasteiger partial charge in [0.05, 0.1) is 17.0 Å². The summed E-state index contributed by atoms with van der Waals surface area (Å²) in [5.74, 6) is -1.19. The summed E-state index contributed by atoms with van der Waals surface area (Å²) in [6.07, 6.45) is 0. The molecular weight excluding hydrogens is 194 g/mol. The van der Waals surface area contributed by atoms with Gasteiger partial charge in [-0.3, -0.25) is 4.68 Å². The highest BCUT2D eigenvalue weighted by Crippen LogP contribution is 2.20. The highest BCUT2D eigenvalue weighted by molar-refractivity contribution is 6.01. The van der Waals surface area contributed by atoms with E-state index in [9.17, 15) is 9.90 Å². The van der Waals surface area contributed by atoms with Crippen LogP contribution in [-0.2, 0) is 7.05 Å². The van der Waals surface area contributed by atoms with E-state index in [2.05, 4.69) is 10.1 Å². The second-order valence-electron chi connectivity index (χ2n) is 3.51. The van der Waals surface area contributed by atoms with Crippen LogP contribution in [0.4, 0.5) is 0 Å². The zero-order valence-electron chi connectivity index (χ0n) is 8.74. The van der Waals surface area contributed by atoms with Gasteiger partial charge in [-0.15, -0.1) is 0 Å². The number of carboxylic acids is 1. The number of carbonyl (C=O) groups is 1. The summed E-state index contributed by atoms with van der Waals surface area (Å²) in [6, 6.07) is 1.51. The van der Waals surface area contributed by atoms with Crippen LogP contribution in [0.25, 0.3) is 11.0 Å². The van der Waals surface area contributed by atoms with Crippen LogP contribution >= 0.6 is 0 Å². The fraction of sp³-hybridized carbons (Fsp3) is 0.300. The minimum absolute atomic E-state index is 0.156. The number of aromatic carboxylic acids is 1. The minimum Gasteiger partial charge on any atom is -0.545 e. The van der Waals surface area contributed by atoms with Crippen molar-refractivity contribution in [1.29, 1.82) is 0 Å². The lowest BCUT2D eigenvalue weighted by atomic mass is 10.1. The molecule has 0 unspecified atom stereocenters. The SMILES string of the molecule is Cc1cc(C(=O)[O-])c2c(C)nn(C)c2n1. The Morgan fingerprint density at radius 1 is 1.47 bits per heavy atom. The van der Waals surface area contributed by atoms with Crippen molar-refractivity contribution in [2.45, 2.75) is 13.8 Å². The summed E-state index contributed by atoms with van der Waals surface area (Å²) in [5, 5.41) is 15.6. The molecule has 2 rings (SSSR count). The Hall–Kier alpha value is -1.91. The van der Waals surface area contributed by atoms with Gasteiger partial charge in [-0.25, -0.2) is 4.98 Å². The number of rotatable bonds is 1. The van der Waals surface area contributed by atoms with Crippen LogP contribution in [0.5, 0.6) is 0 Å². The summed E-state index contributed by atoms with van der Waals surface area (Å²) in [5.41, 5.74) is 2.03. The molecule has 2 heterocycles. The molecule has 78 valence electrons. The maximum absolute atomic E-state index is 11.0. The van der Waals surface area contributed by atoms with E-state index in [1.165, 1.54) is 6.07 Å². The molecule has 0 amide bonds. The third-order valence-corrected chi connectivity index (χ3v) is 2.32. The van der Waals surface area contributed by atoms with Crippen molar-refractivity contribution in [2.24, 2.45) is 7.05 Å². The van der Waals surface area contributed by atoms with Gasteiger partial charge in [0.25, 0.3) is 0 Å². The molecule has 0 saturated carbocycles. The molecule has 0 aliphatic heterocycles. The van der Waals surface area contributed by atoms with Crippen LogP contribution in [0.15, 0.2) is 6.07 Å². The van der Waals surface area contributed by atoms with Crippen LogP contribution in [0.1, 0.15) is 21.7 Å². The van der Waals surface area contributed by atoms with Crippen LogP contribution in [-0.4, -0.2) is 20.7 Å². The van der Waals surface area contributed by atoms with Gasteiger partial charge < -0.3 is 9.90 Å². The second-order valence-corrected chi connectivity index (χ2v) is 3.51. The van der Waals surface area contributed by atoms with Gasteiger partial charge in [-0.1, -0.05) is 0 Å². The molecule has 0 radical (unpaired) electrons. The van der Waals surface area contributed by atoms with E-state index in [1.807, 2.05) is 0 Å². The van der Waals surface area contributed by atoms with Gasteiger partial charge in [0.1, 0.15) is 0 Å². The number of nitrogens with zero attached hydrogens (tertiary/aromatic N) is 3. The van der Waals surface area contributed by atoms with Crippen molar-refractivity contribution in [3.8, 4) is 0 Å². The van der Waals surface area contributed by atoms with Crippen molar-refractivity contribution in [3.05, 3.63) is 23.0 Å². The molecule has 2 aromatic heterocycles. The Morgan fingerprint density at radius 2 is 2.13 bits per heavy atom. The smallest absolute Gasteiger partial charge is 0.158 e. The van der Waals surface area contributed by atoms with Crippen molar-refractivity contribution >= 4 is 17.0 Å². The monoisotopic (exact) mass is 204 g/mol. The number of pyridine rings is 1. The molecule has 0 saturated heterocycles. The van der Waals surface area contributed by atoms with Gasteiger partial charge in [-0.05, 0) is 19.9 Å². The first-order valence-electron chi connectivity index (χ1n) is 4.53. The summed E-state index contributed by atoms with van der Waals surface area (Å²) < 4.78 is 1.57. The maximum Gasteiger partial charge on any atom is 0.158 e. The van der Waals surface area contributed by atoms with Crippen LogP contribution in [0.2, 0.25) is 0 Å². The summed E-state index contributed by atoms with van der Waals surface area (Å²) >= 11 is 0. The standard InChI is InChI=1S/C10H11N3O2/c1-5-4-7(10(14)15)8-6(2)12-13(3)9(8)11-5/h4H,1-3H3,(H,14,15)/p-1. The Balaban J connectivity index is 2.96. The molecule has 5 heteroatoms. The summed E-state index contributed by atoms with van der Waals surface area (Å²) in [7, 11) is 1.74. The summed E-state index contributed by atoms with van der Waals surface area (Å²) in [6.45, 7) is 3.50. The lowest BCUT2D eigenvalue weighted by Crippen LogP contribution is -2.23. The lowest BCUT2D eigenvalue weighted by Gasteiger charge is -2.05. The second kappa shape index (κ2) is 3.05. The van der Waals surface area contributed by atoms with E-state index in [-0.39, 0.29) is 5.56 Å². The minimum atomic E-state index is -1.19. The normalized spacial score (nSPS) is 10.9. The Kier molecular flexibility index (Phi) is 1.96. The number of aromatic nitrogens is 3. The van der Waals surface area contributed by atoms with Gasteiger partial charge in [0.15, 0.2) is 5.65 Å². The van der Waals surface area contributed by atoms with Crippen LogP contribution in [0, 0.1) is 13.8 Å². The molecule has 0 aliphatic carbocycles. The molecular formula is C10H10N3O2-. The topological polar surface area (TPSA) is 70.8 Å². The van der Waals surface area contributed by atoms with Gasteiger partial charge in [0.2, 0.25) is 0 Å². The van der Waals surface area contributed by atoms with Gasteiger partial charge >= 0.3 is 0 Å². The van der Waals surface area contributed by atoms with Gasteiger partial charge in [-0.2, -0.15) is 5.10 Å². The first-order chi connectivity index (χ1) is 7.00. The number of carboxylic acid groups (broad SMARTS) is 1. The molecule has 0 aliphatic rings.